The number of rotatable bonds is 5. The van der Waals surface area contributed by atoms with E-state index in [0.717, 1.165) is 30.0 Å². The van der Waals surface area contributed by atoms with Crippen molar-refractivity contribution in [3.8, 4) is 0 Å². The van der Waals surface area contributed by atoms with Crippen molar-refractivity contribution in [1.29, 1.82) is 0 Å². The third-order valence-corrected chi connectivity index (χ3v) is 4.85. The van der Waals surface area contributed by atoms with Gasteiger partial charge in [-0.1, -0.05) is 30.9 Å². The number of hydrogen-bond donors (Lipinski definition) is 3. The fraction of sp³-hybridized carbons (Fsp3) is 0.421. The molecule has 1 fully saturated rings. The van der Waals surface area contributed by atoms with E-state index >= 15 is 0 Å². The van der Waals surface area contributed by atoms with Crippen molar-refractivity contribution >= 4 is 35.0 Å². The van der Waals surface area contributed by atoms with Gasteiger partial charge in [0, 0.05) is 30.5 Å². The predicted octanol–water partition coefficient (Wildman–Crippen LogP) is 4.29. The molecule has 1 aromatic heterocycles. The van der Waals surface area contributed by atoms with E-state index in [1.165, 1.54) is 19.3 Å². The SMILES string of the molecule is CNc1cc(C)nc(Nc2ccc(Cl)c(C(=O)NC3CCCCC3)c2)n1. The molecular formula is C19H24ClN5O. The van der Waals surface area contributed by atoms with Gasteiger partial charge in [0.1, 0.15) is 5.82 Å². The second-order valence-corrected chi connectivity index (χ2v) is 7.00. The normalized spacial score (nSPS) is 14.7. The molecule has 2 aromatic rings. The lowest BCUT2D eigenvalue weighted by Gasteiger charge is -2.23. The van der Waals surface area contributed by atoms with Gasteiger partial charge >= 0.3 is 0 Å². The van der Waals surface area contributed by atoms with Crippen molar-refractivity contribution in [2.45, 2.75) is 45.1 Å². The molecule has 1 amide bonds. The van der Waals surface area contributed by atoms with Gasteiger partial charge in [0.05, 0.1) is 10.6 Å². The number of halogens is 1. The highest BCUT2D eigenvalue weighted by Gasteiger charge is 2.18. The summed E-state index contributed by atoms with van der Waals surface area (Å²) in [6.07, 6.45) is 5.64. The smallest absolute Gasteiger partial charge is 0.253 e. The number of carbonyl (C=O) groups is 1. The Morgan fingerprint density at radius 3 is 2.65 bits per heavy atom. The summed E-state index contributed by atoms with van der Waals surface area (Å²) in [4.78, 5) is 21.4. The van der Waals surface area contributed by atoms with E-state index in [2.05, 4.69) is 25.9 Å². The number of amides is 1. The highest BCUT2D eigenvalue weighted by molar-refractivity contribution is 6.34. The molecule has 1 aliphatic carbocycles. The summed E-state index contributed by atoms with van der Waals surface area (Å²) in [5, 5.41) is 9.68. The number of nitrogens with zero attached hydrogens (tertiary/aromatic N) is 2. The molecule has 0 saturated heterocycles. The van der Waals surface area contributed by atoms with Crippen LogP contribution < -0.4 is 16.0 Å². The summed E-state index contributed by atoms with van der Waals surface area (Å²) < 4.78 is 0. The third-order valence-electron chi connectivity index (χ3n) is 4.52. The maximum atomic E-state index is 12.6. The molecule has 7 heteroatoms. The lowest BCUT2D eigenvalue weighted by molar-refractivity contribution is 0.0928. The Hall–Kier alpha value is -2.34. The molecule has 1 heterocycles. The second-order valence-electron chi connectivity index (χ2n) is 6.60. The van der Waals surface area contributed by atoms with Crippen LogP contribution in [0.5, 0.6) is 0 Å². The Morgan fingerprint density at radius 1 is 1.15 bits per heavy atom. The monoisotopic (exact) mass is 373 g/mol. The number of nitrogens with one attached hydrogen (secondary N) is 3. The van der Waals surface area contributed by atoms with Crippen molar-refractivity contribution in [3.63, 3.8) is 0 Å². The van der Waals surface area contributed by atoms with Crippen molar-refractivity contribution in [3.05, 3.63) is 40.5 Å². The average molecular weight is 374 g/mol. The van der Waals surface area contributed by atoms with E-state index in [4.69, 9.17) is 11.6 Å². The van der Waals surface area contributed by atoms with Gasteiger partial charge in [0.2, 0.25) is 5.95 Å². The van der Waals surface area contributed by atoms with Gasteiger partial charge in [0.25, 0.3) is 5.91 Å². The third kappa shape index (κ3) is 4.64. The van der Waals surface area contributed by atoms with Crippen LogP contribution in [0.25, 0.3) is 0 Å². The Balaban J connectivity index is 1.76. The molecule has 1 aromatic carbocycles. The van der Waals surface area contributed by atoms with Crippen LogP contribution >= 0.6 is 11.6 Å². The molecule has 1 aliphatic rings. The van der Waals surface area contributed by atoms with E-state index in [1.54, 1.807) is 12.1 Å². The van der Waals surface area contributed by atoms with E-state index in [0.29, 0.717) is 16.5 Å². The first-order valence-corrected chi connectivity index (χ1v) is 9.34. The molecular weight excluding hydrogens is 350 g/mol. The first-order valence-electron chi connectivity index (χ1n) is 8.96. The molecule has 6 nitrogen and oxygen atoms in total. The van der Waals surface area contributed by atoms with Crippen LogP contribution in [-0.2, 0) is 0 Å². The summed E-state index contributed by atoms with van der Waals surface area (Å²) in [7, 11) is 1.81. The summed E-state index contributed by atoms with van der Waals surface area (Å²) in [5.74, 6) is 1.06. The van der Waals surface area contributed by atoms with Gasteiger partial charge < -0.3 is 16.0 Å². The number of hydrogen-bond acceptors (Lipinski definition) is 5. The average Bonchev–Trinajstić information content (AvgIpc) is 2.63. The zero-order chi connectivity index (χ0) is 18.5. The van der Waals surface area contributed by atoms with Crippen molar-refractivity contribution in [1.82, 2.24) is 15.3 Å². The van der Waals surface area contributed by atoms with Gasteiger partial charge in [0.15, 0.2) is 0 Å². The lowest BCUT2D eigenvalue weighted by atomic mass is 9.95. The fourth-order valence-corrected chi connectivity index (χ4v) is 3.37. The highest BCUT2D eigenvalue weighted by atomic mass is 35.5. The molecule has 3 N–H and O–H groups in total. The van der Waals surface area contributed by atoms with E-state index < -0.39 is 0 Å². The number of aromatic nitrogens is 2. The maximum absolute atomic E-state index is 12.6. The quantitative estimate of drug-likeness (QED) is 0.728. The molecule has 0 radical (unpaired) electrons. The van der Waals surface area contributed by atoms with Crippen molar-refractivity contribution in [2.75, 3.05) is 17.7 Å². The summed E-state index contributed by atoms with van der Waals surface area (Å²) >= 11 is 6.25. The van der Waals surface area contributed by atoms with E-state index in [-0.39, 0.29) is 11.9 Å². The minimum absolute atomic E-state index is 0.133. The molecule has 3 rings (SSSR count). The maximum Gasteiger partial charge on any atom is 0.253 e. The minimum Gasteiger partial charge on any atom is -0.373 e. The van der Waals surface area contributed by atoms with Gasteiger partial charge in [-0.05, 0) is 38.0 Å². The van der Waals surface area contributed by atoms with E-state index in [9.17, 15) is 4.79 Å². The summed E-state index contributed by atoms with van der Waals surface area (Å²) in [6, 6.07) is 7.36. The van der Waals surface area contributed by atoms with Crippen molar-refractivity contribution in [2.24, 2.45) is 0 Å². The zero-order valence-corrected chi connectivity index (χ0v) is 15.9. The number of carbonyl (C=O) groups excluding carboxylic acids is 1. The Bertz CT molecular complexity index is 789. The molecule has 1 saturated carbocycles. The Labute approximate surface area is 158 Å². The van der Waals surface area contributed by atoms with Crippen LogP contribution in [0.15, 0.2) is 24.3 Å². The predicted molar refractivity (Wildman–Crippen MR) is 105 cm³/mol. The van der Waals surface area contributed by atoms with Crippen LogP contribution in [0.3, 0.4) is 0 Å². The first kappa shape index (κ1) is 18.5. The number of aryl methyl sites for hydroxylation is 1. The second kappa shape index (κ2) is 8.36. The number of benzene rings is 1. The molecule has 0 aliphatic heterocycles. The van der Waals surface area contributed by atoms with Crippen LogP contribution in [0.4, 0.5) is 17.5 Å². The summed E-state index contributed by atoms with van der Waals surface area (Å²) in [6.45, 7) is 1.90. The van der Waals surface area contributed by atoms with Gasteiger partial charge in [-0.2, -0.15) is 4.98 Å². The lowest BCUT2D eigenvalue weighted by Crippen LogP contribution is -2.36. The summed E-state index contributed by atoms with van der Waals surface area (Å²) in [5.41, 5.74) is 2.02. The highest BCUT2D eigenvalue weighted by Crippen LogP contribution is 2.24. The fourth-order valence-electron chi connectivity index (χ4n) is 3.17. The van der Waals surface area contributed by atoms with Crippen LogP contribution in [-0.4, -0.2) is 29.0 Å². The Kier molecular flexibility index (Phi) is 5.93. The molecule has 26 heavy (non-hydrogen) atoms. The topological polar surface area (TPSA) is 78.9 Å². The van der Waals surface area contributed by atoms with Gasteiger partial charge in [-0.15, -0.1) is 0 Å². The molecule has 0 spiro atoms. The van der Waals surface area contributed by atoms with Crippen molar-refractivity contribution < 1.29 is 4.79 Å². The zero-order valence-electron chi connectivity index (χ0n) is 15.1. The van der Waals surface area contributed by atoms with Gasteiger partial charge in [-0.25, -0.2) is 4.98 Å². The molecule has 138 valence electrons. The molecule has 0 bridgehead atoms. The Morgan fingerprint density at radius 2 is 1.92 bits per heavy atom. The first-order chi connectivity index (χ1) is 12.5. The largest absolute Gasteiger partial charge is 0.373 e. The standard InChI is InChI=1S/C19H24ClN5O/c1-12-10-17(21-2)25-19(22-12)24-14-8-9-16(20)15(11-14)18(26)23-13-6-4-3-5-7-13/h8-11,13H,3-7H2,1-2H3,(H,23,26)(H2,21,22,24,25). The molecule has 0 atom stereocenters. The van der Waals surface area contributed by atoms with Crippen LogP contribution in [0.2, 0.25) is 5.02 Å². The number of anilines is 3. The van der Waals surface area contributed by atoms with E-state index in [1.807, 2.05) is 26.1 Å². The van der Waals surface area contributed by atoms with Crippen LogP contribution in [0.1, 0.15) is 48.2 Å². The van der Waals surface area contributed by atoms with Crippen LogP contribution in [0, 0.1) is 6.92 Å². The minimum atomic E-state index is -0.133. The molecule has 0 unspecified atom stereocenters. The van der Waals surface area contributed by atoms with Gasteiger partial charge in [-0.3, -0.25) is 4.79 Å².